The van der Waals surface area contributed by atoms with E-state index in [-0.39, 0.29) is 19.1 Å². The van der Waals surface area contributed by atoms with E-state index in [0.29, 0.717) is 24.6 Å². The minimum Gasteiger partial charge on any atom is -0.484 e. The molecule has 0 bridgehead atoms. The Balaban J connectivity index is 2.26. The first-order chi connectivity index (χ1) is 9.13. The Hall–Kier alpha value is -1.55. The van der Waals surface area contributed by atoms with Crippen molar-refractivity contribution in [2.24, 2.45) is 0 Å². The SMILES string of the molecule is CC(C)c1ccc(OCC(=O)NCCCCO)cc1. The van der Waals surface area contributed by atoms with E-state index in [2.05, 4.69) is 19.2 Å². The van der Waals surface area contributed by atoms with Crippen LogP contribution in [0.3, 0.4) is 0 Å². The number of rotatable bonds is 8. The number of aliphatic hydroxyl groups is 1. The molecular weight excluding hydrogens is 242 g/mol. The summed E-state index contributed by atoms with van der Waals surface area (Å²) in [5, 5.41) is 11.3. The van der Waals surface area contributed by atoms with Gasteiger partial charge in [-0.25, -0.2) is 0 Å². The van der Waals surface area contributed by atoms with E-state index in [9.17, 15) is 4.79 Å². The lowest BCUT2D eigenvalue weighted by Gasteiger charge is -2.09. The highest BCUT2D eigenvalue weighted by molar-refractivity contribution is 5.77. The molecule has 0 fully saturated rings. The molecule has 4 nitrogen and oxygen atoms in total. The van der Waals surface area contributed by atoms with Crippen molar-refractivity contribution < 1.29 is 14.6 Å². The Kier molecular flexibility index (Phi) is 6.97. The van der Waals surface area contributed by atoms with Crippen LogP contribution in [0.5, 0.6) is 5.75 Å². The molecule has 0 unspecified atom stereocenters. The number of nitrogens with one attached hydrogen (secondary N) is 1. The van der Waals surface area contributed by atoms with E-state index in [1.54, 1.807) is 0 Å². The first-order valence-corrected chi connectivity index (χ1v) is 6.74. The summed E-state index contributed by atoms with van der Waals surface area (Å²) in [6.45, 7) is 5.04. The number of amides is 1. The normalized spacial score (nSPS) is 10.5. The Morgan fingerprint density at radius 2 is 1.95 bits per heavy atom. The summed E-state index contributed by atoms with van der Waals surface area (Å²) in [5.74, 6) is 1.06. The van der Waals surface area contributed by atoms with Gasteiger partial charge in [-0.3, -0.25) is 4.79 Å². The standard InChI is InChI=1S/C15H23NO3/c1-12(2)13-5-7-14(8-6-13)19-11-15(18)16-9-3-4-10-17/h5-8,12,17H,3-4,9-11H2,1-2H3,(H,16,18). The highest BCUT2D eigenvalue weighted by atomic mass is 16.5. The molecule has 0 saturated heterocycles. The van der Waals surface area contributed by atoms with Gasteiger partial charge in [-0.15, -0.1) is 0 Å². The van der Waals surface area contributed by atoms with E-state index in [4.69, 9.17) is 9.84 Å². The zero-order chi connectivity index (χ0) is 14.1. The van der Waals surface area contributed by atoms with Gasteiger partial charge in [0, 0.05) is 13.2 Å². The predicted octanol–water partition coefficient (Wildman–Crippen LogP) is 2.08. The van der Waals surface area contributed by atoms with Crippen LogP contribution < -0.4 is 10.1 Å². The molecule has 19 heavy (non-hydrogen) atoms. The Labute approximate surface area is 114 Å². The fraction of sp³-hybridized carbons (Fsp3) is 0.533. The molecule has 2 N–H and O–H groups in total. The van der Waals surface area contributed by atoms with E-state index in [1.807, 2.05) is 24.3 Å². The summed E-state index contributed by atoms with van der Waals surface area (Å²) in [5.41, 5.74) is 1.25. The number of unbranched alkanes of at least 4 members (excludes halogenated alkanes) is 1. The van der Waals surface area contributed by atoms with Gasteiger partial charge in [0.05, 0.1) is 0 Å². The minimum atomic E-state index is -0.133. The average Bonchev–Trinajstić information content (AvgIpc) is 2.42. The van der Waals surface area contributed by atoms with Crippen LogP contribution in [-0.2, 0) is 4.79 Å². The number of ether oxygens (including phenoxy) is 1. The summed E-state index contributed by atoms with van der Waals surface area (Å²) < 4.78 is 5.40. The van der Waals surface area contributed by atoms with Crippen molar-refractivity contribution in [2.45, 2.75) is 32.6 Å². The maximum Gasteiger partial charge on any atom is 0.257 e. The second-order valence-corrected chi connectivity index (χ2v) is 4.79. The average molecular weight is 265 g/mol. The van der Waals surface area contributed by atoms with Crippen molar-refractivity contribution >= 4 is 5.91 Å². The molecule has 0 heterocycles. The van der Waals surface area contributed by atoms with Crippen molar-refractivity contribution in [3.8, 4) is 5.75 Å². The van der Waals surface area contributed by atoms with Crippen LogP contribution in [0.2, 0.25) is 0 Å². The molecular formula is C15H23NO3. The monoisotopic (exact) mass is 265 g/mol. The summed E-state index contributed by atoms with van der Waals surface area (Å²) in [7, 11) is 0. The maximum absolute atomic E-state index is 11.5. The lowest BCUT2D eigenvalue weighted by Crippen LogP contribution is -2.29. The third-order valence-corrected chi connectivity index (χ3v) is 2.82. The number of benzene rings is 1. The van der Waals surface area contributed by atoms with E-state index in [0.717, 1.165) is 6.42 Å². The highest BCUT2D eigenvalue weighted by Crippen LogP contribution is 2.18. The van der Waals surface area contributed by atoms with Gasteiger partial charge in [0.15, 0.2) is 6.61 Å². The van der Waals surface area contributed by atoms with Gasteiger partial charge in [0.2, 0.25) is 0 Å². The topological polar surface area (TPSA) is 58.6 Å². The van der Waals surface area contributed by atoms with Gasteiger partial charge < -0.3 is 15.2 Å². The van der Waals surface area contributed by atoms with Gasteiger partial charge in [-0.1, -0.05) is 26.0 Å². The summed E-state index contributed by atoms with van der Waals surface area (Å²) in [6, 6.07) is 7.79. The minimum absolute atomic E-state index is 0.0279. The summed E-state index contributed by atoms with van der Waals surface area (Å²) in [6.07, 6.45) is 1.49. The Bertz CT molecular complexity index is 373. The Morgan fingerprint density at radius 1 is 1.26 bits per heavy atom. The summed E-state index contributed by atoms with van der Waals surface area (Å²) >= 11 is 0. The van der Waals surface area contributed by atoms with Crippen molar-refractivity contribution in [2.75, 3.05) is 19.8 Å². The summed E-state index contributed by atoms with van der Waals surface area (Å²) in [4.78, 5) is 11.5. The molecule has 4 heteroatoms. The quantitative estimate of drug-likeness (QED) is 0.707. The number of carbonyl (C=O) groups is 1. The predicted molar refractivity (Wildman–Crippen MR) is 75.4 cm³/mol. The molecule has 106 valence electrons. The molecule has 0 saturated carbocycles. The molecule has 1 rings (SSSR count). The molecule has 0 radical (unpaired) electrons. The molecule has 0 aromatic heterocycles. The van der Waals surface area contributed by atoms with Gasteiger partial charge in [-0.2, -0.15) is 0 Å². The molecule has 1 aromatic carbocycles. The fourth-order valence-corrected chi connectivity index (χ4v) is 1.61. The first kappa shape index (κ1) is 15.5. The van der Waals surface area contributed by atoms with E-state index < -0.39 is 0 Å². The van der Waals surface area contributed by atoms with Crippen LogP contribution in [0.25, 0.3) is 0 Å². The van der Waals surface area contributed by atoms with Crippen LogP contribution in [-0.4, -0.2) is 30.8 Å². The molecule has 1 amide bonds. The largest absolute Gasteiger partial charge is 0.484 e. The smallest absolute Gasteiger partial charge is 0.257 e. The number of hydrogen-bond donors (Lipinski definition) is 2. The van der Waals surface area contributed by atoms with Crippen molar-refractivity contribution in [3.05, 3.63) is 29.8 Å². The molecule has 0 atom stereocenters. The Morgan fingerprint density at radius 3 is 2.53 bits per heavy atom. The zero-order valence-corrected chi connectivity index (χ0v) is 11.7. The third kappa shape index (κ3) is 6.25. The van der Waals surface area contributed by atoms with E-state index in [1.165, 1.54) is 5.56 Å². The number of hydrogen-bond acceptors (Lipinski definition) is 3. The van der Waals surface area contributed by atoms with Gasteiger partial charge in [0.25, 0.3) is 5.91 Å². The van der Waals surface area contributed by atoms with Crippen LogP contribution in [0.1, 0.15) is 38.2 Å². The number of carbonyl (C=O) groups excluding carboxylic acids is 1. The molecule has 1 aromatic rings. The second kappa shape index (κ2) is 8.53. The van der Waals surface area contributed by atoms with Crippen molar-refractivity contribution in [3.63, 3.8) is 0 Å². The van der Waals surface area contributed by atoms with Crippen LogP contribution in [0.4, 0.5) is 0 Å². The van der Waals surface area contributed by atoms with Crippen molar-refractivity contribution in [1.82, 2.24) is 5.32 Å². The van der Waals surface area contributed by atoms with Gasteiger partial charge in [0.1, 0.15) is 5.75 Å². The lowest BCUT2D eigenvalue weighted by molar-refractivity contribution is -0.123. The number of aliphatic hydroxyl groups excluding tert-OH is 1. The highest BCUT2D eigenvalue weighted by Gasteiger charge is 2.03. The lowest BCUT2D eigenvalue weighted by atomic mass is 10.0. The van der Waals surface area contributed by atoms with Gasteiger partial charge in [-0.05, 0) is 36.5 Å². The van der Waals surface area contributed by atoms with Gasteiger partial charge >= 0.3 is 0 Å². The molecule has 0 aliphatic carbocycles. The van der Waals surface area contributed by atoms with Crippen LogP contribution in [0, 0.1) is 0 Å². The molecule has 0 spiro atoms. The van der Waals surface area contributed by atoms with Crippen molar-refractivity contribution in [1.29, 1.82) is 0 Å². The van der Waals surface area contributed by atoms with Crippen LogP contribution in [0.15, 0.2) is 24.3 Å². The van der Waals surface area contributed by atoms with Crippen LogP contribution >= 0.6 is 0 Å². The zero-order valence-electron chi connectivity index (χ0n) is 11.7. The second-order valence-electron chi connectivity index (χ2n) is 4.79. The fourth-order valence-electron chi connectivity index (χ4n) is 1.61. The van der Waals surface area contributed by atoms with E-state index >= 15 is 0 Å². The first-order valence-electron chi connectivity index (χ1n) is 6.74. The molecule has 0 aliphatic rings. The maximum atomic E-state index is 11.5. The third-order valence-electron chi connectivity index (χ3n) is 2.82. The molecule has 0 aliphatic heterocycles.